The molecule has 0 unspecified atom stereocenters. The highest BCUT2D eigenvalue weighted by molar-refractivity contribution is 7.92. The number of sulfonamides is 1. The lowest BCUT2D eigenvalue weighted by molar-refractivity contribution is -0.139. The second kappa shape index (κ2) is 11.9. The minimum Gasteiger partial charge on any atom is -0.497 e. The van der Waals surface area contributed by atoms with Crippen LogP contribution < -0.4 is 14.4 Å². The Hall–Kier alpha value is -2.78. The summed E-state index contributed by atoms with van der Waals surface area (Å²) in [6, 6.07) is 12.5. The van der Waals surface area contributed by atoms with Crippen molar-refractivity contribution in [2.75, 3.05) is 30.8 Å². The Bertz CT molecular complexity index is 1040. The van der Waals surface area contributed by atoms with Crippen molar-refractivity contribution >= 4 is 39.1 Å². The fourth-order valence-corrected chi connectivity index (χ4v) is 4.10. The van der Waals surface area contributed by atoms with Gasteiger partial charge in [-0.1, -0.05) is 30.7 Å². The molecule has 1 N–H and O–H groups in total. The Labute approximate surface area is 200 Å². The molecule has 2 aromatic rings. The number of benzene rings is 2. The zero-order valence-electron chi connectivity index (χ0n) is 19.2. The molecule has 0 bridgehead atoms. The molecule has 0 heterocycles. The molecule has 2 aromatic carbocycles. The summed E-state index contributed by atoms with van der Waals surface area (Å²) < 4.78 is 31.2. The molecule has 2 amide bonds. The van der Waals surface area contributed by atoms with Gasteiger partial charge >= 0.3 is 0 Å². The van der Waals surface area contributed by atoms with Gasteiger partial charge in [-0.25, -0.2) is 8.42 Å². The minimum atomic E-state index is -3.78. The van der Waals surface area contributed by atoms with E-state index < -0.39 is 28.5 Å². The van der Waals surface area contributed by atoms with Gasteiger partial charge in [0.15, 0.2) is 0 Å². The first-order valence-electron chi connectivity index (χ1n) is 10.5. The van der Waals surface area contributed by atoms with Gasteiger partial charge < -0.3 is 15.0 Å². The normalized spacial score (nSPS) is 12.0. The van der Waals surface area contributed by atoms with Gasteiger partial charge in [0.1, 0.15) is 18.3 Å². The van der Waals surface area contributed by atoms with E-state index >= 15 is 0 Å². The predicted molar refractivity (Wildman–Crippen MR) is 130 cm³/mol. The lowest BCUT2D eigenvalue weighted by Gasteiger charge is -2.31. The number of nitrogens with one attached hydrogen (secondary N) is 1. The van der Waals surface area contributed by atoms with Gasteiger partial charge in [-0.05, 0) is 55.3 Å². The van der Waals surface area contributed by atoms with Gasteiger partial charge in [0.25, 0.3) is 0 Å². The molecule has 180 valence electrons. The van der Waals surface area contributed by atoms with Crippen molar-refractivity contribution in [2.24, 2.45) is 0 Å². The first-order valence-corrected chi connectivity index (χ1v) is 12.7. The Morgan fingerprint density at radius 3 is 2.21 bits per heavy atom. The predicted octanol–water partition coefficient (Wildman–Crippen LogP) is 3.06. The van der Waals surface area contributed by atoms with Crippen LogP contribution in [0.3, 0.4) is 0 Å². The summed E-state index contributed by atoms with van der Waals surface area (Å²) in [6.07, 6.45) is 1.79. The first-order chi connectivity index (χ1) is 15.6. The molecule has 8 nitrogen and oxygen atoms in total. The smallest absolute Gasteiger partial charge is 0.244 e. The molecule has 0 aliphatic carbocycles. The van der Waals surface area contributed by atoms with Crippen LogP contribution in [0, 0.1) is 0 Å². The molecule has 0 aliphatic heterocycles. The highest BCUT2D eigenvalue weighted by Gasteiger charge is 2.30. The number of carbonyl (C=O) groups is 2. The molecule has 0 fully saturated rings. The molecule has 0 saturated carbocycles. The van der Waals surface area contributed by atoms with Crippen LogP contribution in [-0.2, 0) is 26.2 Å². The zero-order valence-corrected chi connectivity index (χ0v) is 20.8. The van der Waals surface area contributed by atoms with Gasteiger partial charge in [-0.15, -0.1) is 0 Å². The summed E-state index contributed by atoms with van der Waals surface area (Å²) >= 11 is 5.96. The third kappa shape index (κ3) is 7.64. The van der Waals surface area contributed by atoms with Crippen LogP contribution in [0.25, 0.3) is 0 Å². The Balaban J connectivity index is 2.34. The summed E-state index contributed by atoms with van der Waals surface area (Å²) in [5, 5.41) is 3.34. The van der Waals surface area contributed by atoms with Crippen LogP contribution in [0.1, 0.15) is 25.8 Å². The average molecular weight is 496 g/mol. The maximum absolute atomic E-state index is 13.4. The lowest BCUT2D eigenvalue weighted by Crippen LogP contribution is -2.51. The van der Waals surface area contributed by atoms with Crippen LogP contribution in [0.5, 0.6) is 5.75 Å². The van der Waals surface area contributed by atoms with E-state index in [0.29, 0.717) is 23.0 Å². The van der Waals surface area contributed by atoms with E-state index in [9.17, 15) is 18.0 Å². The minimum absolute atomic E-state index is 0.122. The highest BCUT2D eigenvalue weighted by atomic mass is 35.5. The Morgan fingerprint density at radius 1 is 1.09 bits per heavy atom. The van der Waals surface area contributed by atoms with Crippen molar-refractivity contribution in [1.82, 2.24) is 10.2 Å². The summed E-state index contributed by atoms with van der Waals surface area (Å²) in [5.41, 5.74) is 1.08. The van der Waals surface area contributed by atoms with Gasteiger partial charge in [0.05, 0.1) is 19.1 Å². The topological polar surface area (TPSA) is 96.0 Å². The standard InChI is InChI=1S/C23H30ClN3O5S/c1-5-14-25-23(29)17(2)26(15-18-6-8-19(24)9-7-18)22(28)16-27(33(4,30)31)20-10-12-21(32-3)13-11-20/h6-13,17H,5,14-16H2,1-4H3,(H,25,29)/t17-/m1/s1. The number of halogens is 1. The van der Waals surface area contributed by atoms with Crippen LogP contribution in [0.15, 0.2) is 48.5 Å². The molecule has 0 spiro atoms. The molecule has 10 heteroatoms. The number of amides is 2. The van der Waals surface area contributed by atoms with E-state index in [0.717, 1.165) is 22.5 Å². The van der Waals surface area contributed by atoms with Gasteiger partial charge in [0.2, 0.25) is 21.8 Å². The van der Waals surface area contributed by atoms with E-state index in [1.165, 1.54) is 12.0 Å². The van der Waals surface area contributed by atoms with Gasteiger partial charge in [-0.2, -0.15) is 0 Å². The maximum atomic E-state index is 13.4. The SMILES string of the molecule is CCCNC(=O)[C@@H](C)N(Cc1ccc(Cl)cc1)C(=O)CN(c1ccc(OC)cc1)S(C)(=O)=O. The lowest BCUT2D eigenvalue weighted by atomic mass is 10.1. The summed E-state index contributed by atoms with van der Waals surface area (Å²) in [4.78, 5) is 27.4. The van der Waals surface area contributed by atoms with Crippen molar-refractivity contribution in [3.63, 3.8) is 0 Å². The van der Waals surface area contributed by atoms with Crippen LogP contribution in [0.4, 0.5) is 5.69 Å². The number of nitrogens with zero attached hydrogens (tertiary/aromatic N) is 2. The molecule has 2 rings (SSSR count). The van der Waals surface area contributed by atoms with Crippen molar-refractivity contribution in [3.05, 3.63) is 59.1 Å². The zero-order chi connectivity index (χ0) is 24.6. The number of methoxy groups -OCH3 is 1. The van der Waals surface area contributed by atoms with Crippen LogP contribution in [0.2, 0.25) is 5.02 Å². The van der Waals surface area contributed by atoms with Crippen molar-refractivity contribution in [2.45, 2.75) is 32.9 Å². The monoisotopic (exact) mass is 495 g/mol. The molecular weight excluding hydrogens is 466 g/mol. The first kappa shape index (κ1) is 26.5. The van der Waals surface area contributed by atoms with Gasteiger partial charge in [-0.3, -0.25) is 13.9 Å². The number of hydrogen-bond donors (Lipinski definition) is 1. The van der Waals surface area contributed by atoms with E-state index in [-0.39, 0.29) is 12.5 Å². The molecule has 1 atom stereocenters. The largest absolute Gasteiger partial charge is 0.497 e. The molecule has 33 heavy (non-hydrogen) atoms. The summed E-state index contributed by atoms with van der Waals surface area (Å²) in [5.74, 6) is -0.260. The fourth-order valence-electron chi connectivity index (χ4n) is 3.13. The molecule has 0 aliphatic rings. The van der Waals surface area contributed by atoms with E-state index in [2.05, 4.69) is 5.32 Å². The Kier molecular flexibility index (Phi) is 9.55. The molecular formula is C23H30ClN3O5S. The third-order valence-electron chi connectivity index (χ3n) is 5.02. The number of ether oxygens (including phenoxy) is 1. The van der Waals surface area contributed by atoms with Crippen molar-refractivity contribution in [1.29, 1.82) is 0 Å². The van der Waals surface area contributed by atoms with Crippen molar-refractivity contribution < 1.29 is 22.7 Å². The van der Waals surface area contributed by atoms with E-state index in [1.807, 2.05) is 6.92 Å². The van der Waals surface area contributed by atoms with Crippen LogP contribution >= 0.6 is 11.6 Å². The Morgan fingerprint density at radius 2 is 1.70 bits per heavy atom. The van der Waals surface area contributed by atoms with E-state index in [1.54, 1.807) is 55.5 Å². The molecule has 0 aromatic heterocycles. The van der Waals surface area contributed by atoms with Crippen LogP contribution in [-0.4, -0.2) is 57.6 Å². The van der Waals surface area contributed by atoms with Crippen molar-refractivity contribution in [3.8, 4) is 5.75 Å². The van der Waals surface area contributed by atoms with E-state index in [4.69, 9.17) is 16.3 Å². The second-order valence-electron chi connectivity index (χ2n) is 7.58. The molecule has 0 saturated heterocycles. The number of anilines is 1. The number of hydrogen-bond acceptors (Lipinski definition) is 5. The third-order valence-corrected chi connectivity index (χ3v) is 6.41. The number of rotatable bonds is 11. The second-order valence-corrected chi connectivity index (χ2v) is 9.93. The average Bonchev–Trinajstić information content (AvgIpc) is 2.79. The quantitative estimate of drug-likeness (QED) is 0.517. The number of carbonyl (C=O) groups excluding carboxylic acids is 2. The fraction of sp³-hybridized carbons (Fsp3) is 0.391. The summed E-state index contributed by atoms with van der Waals surface area (Å²) in [7, 11) is -2.27. The highest BCUT2D eigenvalue weighted by Crippen LogP contribution is 2.22. The molecule has 0 radical (unpaired) electrons. The van der Waals surface area contributed by atoms with Gasteiger partial charge in [0, 0.05) is 18.1 Å². The maximum Gasteiger partial charge on any atom is 0.244 e. The summed E-state index contributed by atoms with van der Waals surface area (Å²) in [6.45, 7) is 3.70.